The first-order valence-electron chi connectivity index (χ1n) is 12.5. The van der Waals surface area contributed by atoms with Crippen LogP contribution < -0.4 is 5.63 Å². The maximum atomic E-state index is 12.9. The van der Waals surface area contributed by atoms with E-state index in [1.54, 1.807) is 6.07 Å². The minimum atomic E-state index is -0.293. The van der Waals surface area contributed by atoms with Gasteiger partial charge in [-0.2, -0.15) is 0 Å². The van der Waals surface area contributed by atoms with E-state index in [4.69, 9.17) is 4.42 Å². The first-order valence-corrected chi connectivity index (χ1v) is 12.5. The van der Waals surface area contributed by atoms with Crippen molar-refractivity contribution in [1.82, 2.24) is 9.80 Å². The second kappa shape index (κ2) is 10.6. The Kier molecular flexibility index (Phi) is 7.52. The van der Waals surface area contributed by atoms with Gasteiger partial charge < -0.3 is 9.32 Å². The topological polar surface area (TPSA) is 53.8 Å². The zero-order chi connectivity index (χ0) is 24.2. The molecule has 0 spiro atoms. The molecule has 2 aromatic carbocycles. The predicted molar refractivity (Wildman–Crippen MR) is 137 cm³/mol. The Morgan fingerprint density at radius 2 is 1.82 bits per heavy atom. The van der Waals surface area contributed by atoms with E-state index in [-0.39, 0.29) is 11.5 Å². The molecule has 0 radical (unpaired) electrons. The van der Waals surface area contributed by atoms with Gasteiger partial charge in [0.15, 0.2) is 0 Å². The zero-order valence-corrected chi connectivity index (χ0v) is 20.8. The van der Waals surface area contributed by atoms with Crippen molar-refractivity contribution in [3.05, 3.63) is 81.2 Å². The molecule has 1 aliphatic rings. The molecular formula is C29H36N2O3. The molecule has 3 aromatic rings. The standard InChI is InChI=1S/C29H36N2O3/c1-5-13-31(24-11-14-30(15-12-24)29(33)22-9-7-6-8-10-22)19-23-17-28(32)34-27-16-21(4)25(20(2)3)18-26(23)27/h6-10,16-18,20,24H,5,11-15,19H2,1-4H3. The molecule has 5 nitrogen and oxygen atoms in total. The number of amides is 1. The van der Waals surface area contributed by atoms with Crippen molar-refractivity contribution in [3.63, 3.8) is 0 Å². The fourth-order valence-electron chi connectivity index (χ4n) is 5.24. The molecule has 1 saturated heterocycles. The Morgan fingerprint density at radius 1 is 1.12 bits per heavy atom. The summed E-state index contributed by atoms with van der Waals surface area (Å²) in [6, 6.07) is 15.8. The number of nitrogens with zero attached hydrogens (tertiary/aromatic N) is 2. The third kappa shape index (κ3) is 5.25. The Bertz CT molecular complexity index is 1190. The highest BCUT2D eigenvalue weighted by molar-refractivity contribution is 5.94. The fraction of sp³-hybridized carbons (Fsp3) is 0.448. The van der Waals surface area contributed by atoms with Crippen LogP contribution in [0.25, 0.3) is 11.0 Å². The summed E-state index contributed by atoms with van der Waals surface area (Å²) in [7, 11) is 0. The molecule has 2 heterocycles. The lowest BCUT2D eigenvalue weighted by molar-refractivity contribution is 0.0607. The van der Waals surface area contributed by atoms with Gasteiger partial charge in [-0.3, -0.25) is 9.69 Å². The van der Waals surface area contributed by atoms with Gasteiger partial charge in [0.05, 0.1) is 0 Å². The van der Waals surface area contributed by atoms with Crippen LogP contribution in [0.1, 0.15) is 73.0 Å². The van der Waals surface area contributed by atoms with Crippen molar-refractivity contribution in [3.8, 4) is 0 Å². The van der Waals surface area contributed by atoms with Crippen LogP contribution in [0.3, 0.4) is 0 Å². The molecule has 0 bridgehead atoms. The van der Waals surface area contributed by atoms with Crippen molar-refractivity contribution < 1.29 is 9.21 Å². The maximum Gasteiger partial charge on any atom is 0.336 e. The molecule has 4 rings (SSSR count). The van der Waals surface area contributed by atoms with E-state index in [2.05, 4.69) is 38.7 Å². The number of rotatable bonds is 7. The fourth-order valence-corrected chi connectivity index (χ4v) is 5.24. The highest BCUT2D eigenvalue weighted by atomic mass is 16.4. The van der Waals surface area contributed by atoms with Crippen molar-refractivity contribution in [2.45, 2.75) is 65.5 Å². The molecular weight excluding hydrogens is 424 g/mol. The summed E-state index contributed by atoms with van der Waals surface area (Å²) in [5.41, 5.74) is 4.61. The number of benzene rings is 2. The number of piperidine rings is 1. The Balaban J connectivity index is 1.54. The number of fused-ring (bicyclic) bond motifs is 1. The van der Waals surface area contributed by atoms with E-state index in [0.717, 1.165) is 61.0 Å². The largest absolute Gasteiger partial charge is 0.423 e. The minimum Gasteiger partial charge on any atom is -0.423 e. The quantitative estimate of drug-likeness (QED) is 0.422. The van der Waals surface area contributed by atoms with Crippen LogP contribution in [-0.4, -0.2) is 41.4 Å². The summed E-state index contributed by atoms with van der Waals surface area (Å²) < 4.78 is 5.57. The van der Waals surface area contributed by atoms with Gasteiger partial charge in [0, 0.05) is 42.7 Å². The van der Waals surface area contributed by atoms with Crippen LogP contribution >= 0.6 is 0 Å². The van der Waals surface area contributed by atoms with Gasteiger partial charge >= 0.3 is 5.63 Å². The SMILES string of the molecule is CCCN(Cc1cc(=O)oc2cc(C)c(C(C)C)cc12)C1CCN(C(=O)c2ccccc2)CC1. The van der Waals surface area contributed by atoms with Crippen LogP contribution in [0.5, 0.6) is 0 Å². The van der Waals surface area contributed by atoms with Crippen LogP contribution in [0, 0.1) is 6.92 Å². The summed E-state index contributed by atoms with van der Waals surface area (Å²) in [6.07, 6.45) is 2.92. The number of likely N-dealkylation sites (tertiary alicyclic amines) is 1. The van der Waals surface area contributed by atoms with Gasteiger partial charge in [-0.05, 0) is 79.6 Å². The van der Waals surface area contributed by atoms with E-state index in [1.807, 2.05) is 41.3 Å². The van der Waals surface area contributed by atoms with Gasteiger partial charge in [-0.25, -0.2) is 4.79 Å². The summed E-state index contributed by atoms with van der Waals surface area (Å²) in [5, 5.41) is 1.03. The van der Waals surface area contributed by atoms with E-state index < -0.39 is 0 Å². The molecule has 1 amide bonds. The molecule has 0 saturated carbocycles. The molecule has 5 heteroatoms. The number of aryl methyl sites for hydroxylation is 1. The second-order valence-corrected chi connectivity index (χ2v) is 9.81. The normalized spacial score (nSPS) is 14.9. The van der Waals surface area contributed by atoms with E-state index in [9.17, 15) is 9.59 Å². The lowest BCUT2D eigenvalue weighted by atomic mass is 9.94. The Morgan fingerprint density at radius 3 is 2.47 bits per heavy atom. The average molecular weight is 461 g/mol. The van der Waals surface area contributed by atoms with Gasteiger partial charge in [-0.1, -0.05) is 39.0 Å². The van der Waals surface area contributed by atoms with Crippen LogP contribution in [0.4, 0.5) is 0 Å². The van der Waals surface area contributed by atoms with Gasteiger partial charge in [-0.15, -0.1) is 0 Å². The summed E-state index contributed by atoms with van der Waals surface area (Å²) in [4.78, 5) is 29.7. The Hall–Kier alpha value is -2.92. The minimum absolute atomic E-state index is 0.115. The average Bonchev–Trinajstić information content (AvgIpc) is 2.83. The molecule has 0 unspecified atom stereocenters. The summed E-state index contributed by atoms with van der Waals surface area (Å²) in [5.74, 6) is 0.520. The summed E-state index contributed by atoms with van der Waals surface area (Å²) >= 11 is 0. The Labute approximate surface area is 202 Å². The van der Waals surface area contributed by atoms with Crippen molar-refractivity contribution in [2.75, 3.05) is 19.6 Å². The number of carbonyl (C=O) groups is 1. The van der Waals surface area contributed by atoms with E-state index in [0.29, 0.717) is 24.1 Å². The molecule has 0 aliphatic carbocycles. The lowest BCUT2D eigenvalue weighted by Crippen LogP contribution is -2.46. The smallest absolute Gasteiger partial charge is 0.336 e. The van der Waals surface area contributed by atoms with Crippen LogP contribution in [0.15, 0.2) is 57.7 Å². The van der Waals surface area contributed by atoms with Crippen molar-refractivity contribution in [1.29, 1.82) is 0 Å². The zero-order valence-electron chi connectivity index (χ0n) is 20.8. The molecule has 0 N–H and O–H groups in total. The highest BCUT2D eigenvalue weighted by Crippen LogP contribution is 2.29. The summed E-state index contributed by atoms with van der Waals surface area (Å²) in [6.45, 7) is 11.9. The molecule has 34 heavy (non-hydrogen) atoms. The predicted octanol–water partition coefficient (Wildman–Crippen LogP) is 5.74. The molecule has 0 atom stereocenters. The van der Waals surface area contributed by atoms with Gasteiger partial charge in [0.25, 0.3) is 5.91 Å². The van der Waals surface area contributed by atoms with Crippen LogP contribution in [-0.2, 0) is 6.54 Å². The molecule has 1 aliphatic heterocycles. The first-order chi connectivity index (χ1) is 16.4. The van der Waals surface area contributed by atoms with E-state index >= 15 is 0 Å². The third-order valence-electron chi connectivity index (χ3n) is 7.01. The monoisotopic (exact) mass is 460 g/mol. The van der Waals surface area contributed by atoms with Crippen LogP contribution in [0.2, 0.25) is 0 Å². The third-order valence-corrected chi connectivity index (χ3v) is 7.01. The second-order valence-electron chi connectivity index (χ2n) is 9.81. The maximum absolute atomic E-state index is 12.9. The number of hydrogen-bond acceptors (Lipinski definition) is 4. The molecule has 1 aromatic heterocycles. The molecule has 180 valence electrons. The lowest BCUT2D eigenvalue weighted by Gasteiger charge is -2.38. The van der Waals surface area contributed by atoms with Gasteiger partial charge in [0.2, 0.25) is 0 Å². The van der Waals surface area contributed by atoms with Crippen molar-refractivity contribution >= 4 is 16.9 Å². The number of carbonyl (C=O) groups excluding carboxylic acids is 1. The van der Waals surface area contributed by atoms with E-state index in [1.165, 1.54) is 5.56 Å². The van der Waals surface area contributed by atoms with Gasteiger partial charge in [0.1, 0.15) is 5.58 Å². The van der Waals surface area contributed by atoms with Crippen molar-refractivity contribution in [2.24, 2.45) is 0 Å². The number of hydrogen-bond donors (Lipinski definition) is 0. The molecule has 1 fully saturated rings. The highest BCUT2D eigenvalue weighted by Gasteiger charge is 2.27. The first kappa shape index (κ1) is 24.2.